The molecule has 0 amide bonds. The van der Waals surface area contributed by atoms with Crippen LogP contribution in [0.5, 0.6) is 0 Å². The summed E-state index contributed by atoms with van der Waals surface area (Å²) in [7, 11) is 0. The molecule has 3 rings (SSSR count). The maximum Gasteiger partial charge on any atom is 0.416 e. The van der Waals surface area contributed by atoms with Crippen LogP contribution in [0.2, 0.25) is 0 Å². The number of hydrogen-bond acceptors (Lipinski definition) is 7. The third kappa shape index (κ3) is 4.76. The lowest BCUT2D eigenvalue weighted by atomic mass is 10.1. The second-order valence-electron chi connectivity index (χ2n) is 5.85. The van der Waals surface area contributed by atoms with Crippen molar-refractivity contribution in [2.24, 2.45) is 0 Å². The maximum atomic E-state index is 13.3. The van der Waals surface area contributed by atoms with Crippen LogP contribution in [0.4, 0.5) is 18.9 Å². The molecule has 0 aliphatic carbocycles. The third-order valence-electron chi connectivity index (χ3n) is 3.94. The predicted octanol–water partition coefficient (Wildman–Crippen LogP) is 2.70. The Labute approximate surface area is 153 Å². The van der Waals surface area contributed by atoms with E-state index >= 15 is 0 Å². The third-order valence-corrected chi connectivity index (χ3v) is 3.94. The number of aromatic nitrogens is 2. The molecule has 2 aromatic rings. The molecular weight excluding hydrogens is 367 g/mol. The lowest BCUT2D eigenvalue weighted by molar-refractivity contribution is -0.142. The number of halogens is 3. The van der Waals surface area contributed by atoms with Crippen LogP contribution in [0.25, 0.3) is 11.5 Å². The number of carbonyl (C=O) groups excluding carboxylic acids is 1. The summed E-state index contributed by atoms with van der Waals surface area (Å²) in [5.41, 5.74) is -0.283. The van der Waals surface area contributed by atoms with Crippen LogP contribution in [0.3, 0.4) is 0 Å². The summed E-state index contributed by atoms with van der Waals surface area (Å²) in [6.45, 7) is 3.71. The molecule has 1 aliphatic heterocycles. The minimum absolute atomic E-state index is 0.0196. The van der Waals surface area contributed by atoms with E-state index in [-0.39, 0.29) is 30.4 Å². The molecule has 0 unspecified atom stereocenters. The number of carbonyl (C=O) groups is 1. The molecule has 0 radical (unpaired) electrons. The molecule has 0 bridgehead atoms. The van der Waals surface area contributed by atoms with Crippen molar-refractivity contribution in [3.05, 3.63) is 29.7 Å². The van der Waals surface area contributed by atoms with Crippen molar-refractivity contribution in [2.45, 2.75) is 19.5 Å². The van der Waals surface area contributed by atoms with E-state index in [1.165, 1.54) is 0 Å². The second-order valence-corrected chi connectivity index (χ2v) is 5.85. The van der Waals surface area contributed by atoms with Gasteiger partial charge in [-0.15, -0.1) is 10.2 Å². The number of rotatable bonds is 5. The Hall–Kier alpha value is -2.62. The van der Waals surface area contributed by atoms with Gasteiger partial charge in [-0.25, -0.2) is 0 Å². The van der Waals surface area contributed by atoms with Gasteiger partial charge in [0.2, 0.25) is 11.8 Å². The van der Waals surface area contributed by atoms with E-state index < -0.39 is 17.7 Å². The molecule has 27 heavy (non-hydrogen) atoms. The molecule has 146 valence electrons. The Morgan fingerprint density at radius 1 is 1.22 bits per heavy atom. The van der Waals surface area contributed by atoms with Gasteiger partial charge in [0.25, 0.3) is 0 Å². The van der Waals surface area contributed by atoms with E-state index in [9.17, 15) is 18.0 Å². The molecule has 1 saturated heterocycles. The molecule has 2 heterocycles. The predicted molar refractivity (Wildman–Crippen MR) is 88.1 cm³/mol. The SMILES string of the molecule is CCOC(=O)Cc1nnc(-c2cc(N3CCOCC3)cc(C(F)(F)F)c2)o1. The molecular formula is C17H18F3N3O4. The van der Waals surface area contributed by atoms with E-state index in [1.54, 1.807) is 17.9 Å². The Morgan fingerprint density at radius 2 is 1.96 bits per heavy atom. The largest absolute Gasteiger partial charge is 0.466 e. The molecule has 10 heteroatoms. The first-order valence-corrected chi connectivity index (χ1v) is 8.40. The Bertz CT molecular complexity index is 801. The summed E-state index contributed by atoms with van der Waals surface area (Å²) in [6, 6.07) is 3.60. The quantitative estimate of drug-likeness (QED) is 0.733. The van der Waals surface area contributed by atoms with Gasteiger partial charge in [0, 0.05) is 24.3 Å². The topological polar surface area (TPSA) is 77.7 Å². The van der Waals surface area contributed by atoms with Gasteiger partial charge in [-0.2, -0.15) is 13.2 Å². The average Bonchev–Trinajstić information content (AvgIpc) is 3.10. The molecule has 0 spiro atoms. The van der Waals surface area contributed by atoms with Crippen molar-refractivity contribution >= 4 is 11.7 Å². The minimum atomic E-state index is -4.52. The van der Waals surface area contributed by atoms with Crippen LogP contribution in [0.1, 0.15) is 18.4 Å². The smallest absolute Gasteiger partial charge is 0.416 e. The van der Waals surface area contributed by atoms with Crippen LogP contribution in [-0.2, 0) is 26.9 Å². The summed E-state index contributed by atoms with van der Waals surface area (Å²) < 4.78 is 55.4. The van der Waals surface area contributed by atoms with Crippen LogP contribution < -0.4 is 4.90 Å². The Balaban J connectivity index is 1.92. The van der Waals surface area contributed by atoms with Crippen molar-refractivity contribution in [2.75, 3.05) is 37.8 Å². The van der Waals surface area contributed by atoms with Crippen LogP contribution in [0.15, 0.2) is 22.6 Å². The number of esters is 1. The molecule has 0 saturated carbocycles. The zero-order valence-electron chi connectivity index (χ0n) is 14.6. The first-order valence-electron chi connectivity index (χ1n) is 8.40. The zero-order valence-corrected chi connectivity index (χ0v) is 14.6. The van der Waals surface area contributed by atoms with Gasteiger partial charge in [0.05, 0.1) is 25.4 Å². The average molecular weight is 385 g/mol. The van der Waals surface area contributed by atoms with Crippen LogP contribution in [-0.4, -0.2) is 49.1 Å². The number of nitrogens with zero attached hydrogens (tertiary/aromatic N) is 3. The van der Waals surface area contributed by atoms with E-state index in [4.69, 9.17) is 13.9 Å². The number of alkyl halides is 3. The second kappa shape index (κ2) is 7.95. The van der Waals surface area contributed by atoms with Gasteiger partial charge in [0.1, 0.15) is 6.42 Å². The van der Waals surface area contributed by atoms with E-state index in [2.05, 4.69) is 10.2 Å². The standard InChI is InChI=1S/C17H18F3N3O4/c1-2-26-15(24)10-14-21-22-16(27-14)11-7-12(17(18,19)20)9-13(8-11)23-3-5-25-6-4-23/h7-9H,2-6,10H2,1H3. The molecule has 1 aromatic heterocycles. The van der Waals surface area contributed by atoms with Gasteiger partial charge in [-0.1, -0.05) is 0 Å². The number of hydrogen-bond donors (Lipinski definition) is 0. The maximum absolute atomic E-state index is 13.3. The van der Waals surface area contributed by atoms with Crippen molar-refractivity contribution in [3.63, 3.8) is 0 Å². The van der Waals surface area contributed by atoms with Gasteiger partial charge < -0.3 is 18.8 Å². The summed E-state index contributed by atoms with van der Waals surface area (Å²) in [4.78, 5) is 13.3. The first-order chi connectivity index (χ1) is 12.9. The number of anilines is 1. The summed E-state index contributed by atoms with van der Waals surface area (Å²) >= 11 is 0. The highest BCUT2D eigenvalue weighted by Gasteiger charge is 2.32. The highest BCUT2D eigenvalue weighted by atomic mass is 19.4. The summed E-state index contributed by atoms with van der Waals surface area (Å²) in [5, 5.41) is 7.49. The Morgan fingerprint density at radius 3 is 2.63 bits per heavy atom. The van der Waals surface area contributed by atoms with Gasteiger partial charge in [-0.3, -0.25) is 4.79 Å². The molecule has 1 aromatic carbocycles. The fraction of sp³-hybridized carbons (Fsp3) is 0.471. The minimum Gasteiger partial charge on any atom is -0.466 e. The van der Waals surface area contributed by atoms with Gasteiger partial charge in [-0.05, 0) is 25.1 Å². The lowest BCUT2D eigenvalue weighted by Crippen LogP contribution is -2.36. The summed E-state index contributed by atoms with van der Waals surface area (Å²) in [6.07, 6.45) is -4.76. The van der Waals surface area contributed by atoms with Gasteiger partial charge >= 0.3 is 12.1 Å². The molecule has 0 N–H and O–H groups in total. The highest BCUT2D eigenvalue weighted by Crippen LogP contribution is 2.36. The van der Waals surface area contributed by atoms with Gasteiger partial charge in [0.15, 0.2) is 0 Å². The molecule has 1 fully saturated rings. The van der Waals surface area contributed by atoms with Crippen molar-refractivity contribution < 1.29 is 31.9 Å². The van der Waals surface area contributed by atoms with Crippen LogP contribution >= 0.6 is 0 Å². The van der Waals surface area contributed by atoms with Crippen molar-refractivity contribution in [3.8, 4) is 11.5 Å². The fourth-order valence-electron chi connectivity index (χ4n) is 2.68. The van der Waals surface area contributed by atoms with E-state index in [0.29, 0.717) is 32.0 Å². The summed E-state index contributed by atoms with van der Waals surface area (Å²) in [5.74, 6) is -0.658. The monoisotopic (exact) mass is 385 g/mol. The van der Waals surface area contributed by atoms with Crippen molar-refractivity contribution in [1.82, 2.24) is 10.2 Å². The van der Waals surface area contributed by atoms with Crippen molar-refractivity contribution in [1.29, 1.82) is 0 Å². The lowest BCUT2D eigenvalue weighted by Gasteiger charge is -2.29. The molecule has 7 nitrogen and oxygen atoms in total. The van der Waals surface area contributed by atoms with E-state index in [0.717, 1.165) is 12.1 Å². The number of morpholine rings is 1. The molecule has 1 aliphatic rings. The van der Waals surface area contributed by atoms with Crippen LogP contribution in [0, 0.1) is 0 Å². The van der Waals surface area contributed by atoms with E-state index in [1.807, 2.05) is 0 Å². The number of benzene rings is 1. The first kappa shape index (κ1) is 19.2. The number of ether oxygens (including phenoxy) is 2. The molecule has 0 atom stereocenters. The highest BCUT2D eigenvalue weighted by molar-refractivity contribution is 5.71. The zero-order chi connectivity index (χ0) is 19.4. The normalized spacial score (nSPS) is 15.0. The fourth-order valence-corrected chi connectivity index (χ4v) is 2.68. The Kier molecular flexibility index (Phi) is 5.64.